The number of aliphatic imine (C=N–C) groups is 1. The van der Waals surface area contributed by atoms with Crippen LogP contribution >= 0.6 is 0 Å². The number of carboxylic acid groups (broad SMARTS) is 1. The number of amides is 3. The first-order valence-corrected chi connectivity index (χ1v) is 13.1. The molecular weight excluding hydrogens is 508 g/mol. The molecule has 39 heavy (non-hydrogen) atoms. The lowest BCUT2D eigenvalue weighted by atomic mass is 10.0. The van der Waals surface area contributed by atoms with Gasteiger partial charge in [0.15, 0.2) is 5.96 Å². The first-order valence-electron chi connectivity index (χ1n) is 13.1. The van der Waals surface area contributed by atoms with Gasteiger partial charge in [0, 0.05) is 24.9 Å². The molecular formula is C24H44N10O5. The van der Waals surface area contributed by atoms with Crippen molar-refractivity contribution in [3.05, 3.63) is 18.2 Å². The zero-order valence-corrected chi connectivity index (χ0v) is 22.7. The van der Waals surface area contributed by atoms with E-state index < -0.39 is 47.9 Å². The smallest absolute Gasteiger partial charge is 0.326 e. The van der Waals surface area contributed by atoms with Gasteiger partial charge in [-0.3, -0.25) is 19.4 Å². The minimum absolute atomic E-state index is 0.00818. The van der Waals surface area contributed by atoms with Crippen LogP contribution in [0.1, 0.15) is 58.1 Å². The van der Waals surface area contributed by atoms with Crippen LogP contribution in [0.5, 0.6) is 0 Å². The molecule has 0 aliphatic carbocycles. The standard InChI is InChI=1S/C24H44N10O5/c1-14(2)10-16(26)20(35)32-17(6-3-4-8-25)21(36)34-19(11-15-12-29-13-31-15)22(37)33-18(23(38)39)7-5-9-30-24(27)28/h12-14,16-19H,3-11,25-26H2,1-2H3,(H,29,31)(H,32,35)(H,33,37)(H,34,36)(H,38,39)(H4,27,28,30). The van der Waals surface area contributed by atoms with Crippen LogP contribution in [0, 0.1) is 5.92 Å². The van der Waals surface area contributed by atoms with E-state index >= 15 is 0 Å². The third-order valence-corrected chi connectivity index (χ3v) is 5.81. The number of hydrogen-bond donors (Lipinski definition) is 9. The molecule has 3 amide bonds. The average Bonchev–Trinajstić information content (AvgIpc) is 3.37. The molecule has 0 saturated heterocycles. The first kappa shape index (κ1) is 33.3. The lowest BCUT2D eigenvalue weighted by Crippen LogP contribution is -2.57. The summed E-state index contributed by atoms with van der Waals surface area (Å²) in [6.07, 6.45) is 5.20. The number of H-pyrrole nitrogens is 1. The summed E-state index contributed by atoms with van der Waals surface area (Å²) in [5.74, 6) is -2.97. The number of carbonyl (C=O) groups excluding carboxylic acids is 3. The Morgan fingerprint density at radius 3 is 2.15 bits per heavy atom. The van der Waals surface area contributed by atoms with E-state index in [1.165, 1.54) is 12.5 Å². The molecule has 220 valence electrons. The van der Waals surface area contributed by atoms with Gasteiger partial charge in [0.25, 0.3) is 0 Å². The van der Waals surface area contributed by atoms with Gasteiger partial charge in [0.2, 0.25) is 17.7 Å². The van der Waals surface area contributed by atoms with E-state index in [0.29, 0.717) is 37.9 Å². The van der Waals surface area contributed by atoms with Crippen molar-refractivity contribution < 1.29 is 24.3 Å². The van der Waals surface area contributed by atoms with Crippen LogP contribution in [0.25, 0.3) is 0 Å². The molecule has 13 N–H and O–H groups in total. The van der Waals surface area contributed by atoms with Gasteiger partial charge in [-0.15, -0.1) is 0 Å². The van der Waals surface area contributed by atoms with E-state index in [9.17, 15) is 24.3 Å². The van der Waals surface area contributed by atoms with Gasteiger partial charge < -0.3 is 49.0 Å². The molecule has 0 saturated carbocycles. The molecule has 4 atom stereocenters. The van der Waals surface area contributed by atoms with Crippen molar-refractivity contribution in [1.82, 2.24) is 25.9 Å². The highest BCUT2D eigenvalue weighted by atomic mass is 16.4. The minimum Gasteiger partial charge on any atom is -0.480 e. The van der Waals surface area contributed by atoms with Crippen molar-refractivity contribution >= 4 is 29.7 Å². The van der Waals surface area contributed by atoms with Crippen LogP contribution in [0.3, 0.4) is 0 Å². The predicted octanol–water partition coefficient (Wildman–Crippen LogP) is -1.95. The number of nitrogens with one attached hydrogen (secondary N) is 4. The first-order chi connectivity index (χ1) is 18.4. The lowest BCUT2D eigenvalue weighted by molar-refractivity contribution is -0.142. The van der Waals surface area contributed by atoms with Crippen molar-refractivity contribution in [2.75, 3.05) is 13.1 Å². The Morgan fingerprint density at radius 2 is 1.59 bits per heavy atom. The van der Waals surface area contributed by atoms with Crippen LogP contribution in [0.2, 0.25) is 0 Å². The maximum Gasteiger partial charge on any atom is 0.326 e. The molecule has 1 heterocycles. The largest absolute Gasteiger partial charge is 0.480 e. The number of nitrogens with two attached hydrogens (primary N) is 4. The zero-order chi connectivity index (χ0) is 29.4. The van der Waals surface area contributed by atoms with Gasteiger partial charge in [0.1, 0.15) is 18.1 Å². The predicted molar refractivity (Wildman–Crippen MR) is 146 cm³/mol. The molecule has 1 aromatic heterocycles. The maximum atomic E-state index is 13.3. The summed E-state index contributed by atoms with van der Waals surface area (Å²) in [5, 5.41) is 17.4. The summed E-state index contributed by atoms with van der Waals surface area (Å²) in [6, 6.07) is -4.15. The van der Waals surface area contributed by atoms with E-state index in [-0.39, 0.29) is 37.7 Å². The molecule has 0 aliphatic heterocycles. The molecule has 0 aromatic carbocycles. The maximum absolute atomic E-state index is 13.3. The van der Waals surface area contributed by atoms with Crippen molar-refractivity contribution in [3.8, 4) is 0 Å². The number of unbranched alkanes of at least 4 members (excludes halogenated alkanes) is 1. The normalized spacial score (nSPS) is 14.1. The van der Waals surface area contributed by atoms with Crippen LogP contribution in [0.4, 0.5) is 0 Å². The number of rotatable bonds is 19. The van der Waals surface area contributed by atoms with Crippen molar-refractivity contribution in [2.45, 2.75) is 83.0 Å². The van der Waals surface area contributed by atoms with Gasteiger partial charge in [-0.2, -0.15) is 0 Å². The highest BCUT2D eigenvalue weighted by molar-refractivity contribution is 5.94. The van der Waals surface area contributed by atoms with Gasteiger partial charge in [-0.25, -0.2) is 9.78 Å². The Labute approximate surface area is 228 Å². The van der Waals surface area contributed by atoms with E-state index in [4.69, 9.17) is 22.9 Å². The van der Waals surface area contributed by atoms with Crippen molar-refractivity contribution in [2.24, 2.45) is 33.8 Å². The fraction of sp³-hybridized carbons (Fsp3) is 0.667. The third-order valence-electron chi connectivity index (χ3n) is 5.81. The van der Waals surface area contributed by atoms with Gasteiger partial charge in [-0.05, 0) is 51.0 Å². The highest BCUT2D eigenvalue weighted by Gasteiger charge is 2.30. The topological polar surface area (TPSA) is 270 Å². The van der Waals surface area contributed by atoms with E-state index in [2.05, 4.69) is 30.9 Å². The van der Waals surface area contributed by atoms with Crippen LogP contribution in [-0.4, -0.2) is 82.0 Å². The number of aromatic amines is 1. The Morgan fingerprint density at radius 1 is 0.974 bits per heavy atom. The molecule has 0 fully saturated rings. The summed E-state index contributed by atoms with van der Waals surface area (Å²) in [4.78, 5) is 61.5. The molecule has 0 radical (unpaired) electrons. The minimum atomic E-state index is -1.24. The summed E-state index contributed by atoms with van der Waals surface area (Å²) in [5.41, 5.74) is 22.7. The number of aromatic nitrogens is 2. The number of nitrogens with zero attached hydrogens (tertiary/aromatic N) is 2. The Kier molecular flexibility index (Phi) is 15.1. The van der Waals surface area contributed by atoms with Crippen LogP contribution < -0.4 is 38.9 Å². The second-order valence-electron chi connectivity index (χ2n) is 9.77. The number of imidazole rings is 1. The highest BCUT2D eigenvalue weighted by Crippen LogP contribution is 2.08. The lowest BCUT2D eigenvalue weighted by Gasteiger charge is -2.25. The number of guanidine groups is 1. The monoisotopic (exact) mass is 552 g/mol. The van der Waals surface area contributed by atoms with Crippen molar-refractivity contribution in [1.29, 1.82) is 0 Å². The molecule has 1 aromatic rings. The van der Waals surface area contributed by atoms with Gasteiger partial charge >= 0.3 is 5.97 Å². The van der Waals surface area contributed by atoms with E-state index in [1.54, 1.807) is 0 Å². The summed E-state index contributed by atoms with van der Waals surface area (Å²) < 4.78 is 0. The third kappa shape index (κ3) is 13.6. The van der Waals surface area contributed by atoms with Gasteiger partial charge in [-0.1, -0.05) is 13.8 Å². The van der Waals surface area contributed by atoms with Crippen LogP contribution in [-0.2, 0) is 25.6 Å². The second kappa shape index (κ2) is 17.7. The number of carboxylic acids is 1. The Balaban J connectivity index is 3.03. The quantitative estimate of drug-likeness (QED) is 0.0519. The molecule has 1 rings (SSSR count). The number of hydrogen-bond acceptors (Lipinski definition) is 8. The average molecular weight is 553 g/mol. The number of aliphatic carboxylic acids is 1. The molecule has 4 unspecified atom stereocenters. The summed E-state index contributed by atoms with van der Waals surface area (Å²) >= 11 is 0. The Hall–Kier alpha value is -3.72. The SMILES string of the molecule is CC(C)CC(N)C(=O)NC(CCCCN)C(=O)NC(Cc1cnc[nH]1)C(=O)NC(CCCN=C(N)N)C(=O)O. The summed E-state index contributed by atoms with van der Waals surface area (Å²) in [7, 11) is 0. The Bertz CT molecular complexity index is 934. The molecule has 0 aliphatic rings. The van der Waals surface area contributed by atoms with Crippen molar-refractivity contribution in [3.63, 3.8) is 0 Å². The van der Waals surface area contributed by atoms with E-state index in [0.717, 1.165) is 0 Å². The summed E-state index contributed by atoms with van der Waals surface area (Å²) in [6.45, 7) is 4.48. The zero-order valence-electron chi connectivity index (χ0n) is 22.7. The second-order valence-corrected chi connectivity index (χ2v) is 9.77. The molecule has 0 spiro atoms. The fourth-order valence-electron chi connectivity index (χ4n) is 3.79. The molecule has 15 heteroatoms. The van der Waals surface area contributed by atoms with Crippen LogP contribution in [0.15, 0.2) is 17.5 Å². The number of carbonyl (C=O) groups is 4. The molecule has 0 bridgehead atoms. The molecule has 15 nitrogen and oxygen atoms in total. The fourth-order valence-corrected chi connectivity index (χ4v) is 3.79. The van der Waals surface area contributed by atoms with Gasteiger partial charge in [0.05, 0.1) is 12.4 Å². The van der Waals surface area contributed by atoms with E-state index in [1.807, 2.05) is 13.8 Å².